The van der Waals surface area contributed by atoms with Crippen LogP contribution in [0.15, 0.2) is 18.2 Å². The number of halogens is 1. The summed E-state index contributed by atoms with van der Waals surface area (Å²) in [6, 6.07) is 6.17. The largest absolute Gasteiger partial charge is 0.383 e. The molecule has 1 atom stereocenters. The predicted molar refractivity (Wildman–Crippen MR) is 92.4 cm³/mol. The first-order chi connectivity index (χ1) is 10.1. The smallest absolute Gasteiger partial charge is 0.0587 e. The molecule has 1 N–H and O–H groups in total. The fraction of sp³-hybridized carbons (Fsp3) is 0.647. The van der Waals surface area contributed by atoms with E-state index in [4.69, 9.17) is 16.3 Å². The predicted octanol–water partition coefficient (Wildman–Crippen LogP) is 3.95. The number of methoxy groups -OCH3 is 1. The zero-order chi connectivity index (χ0) is 15.7. The van der Waals surface area contributed by atoms with Gasteiger partial charge in [0, 0.05) is 44.0 Å². The summed E-state index contributed by atoms with van der Waals surface area (Å²) in [5.41, 5.74) is 2.54. The van der Waals surface area contributed by atoms with Crippen LogP contribution >= 0.6 is 11.6 Å². The molecule has 0 saturated carbocycles. The maximum Gasteiger partial charge on any atom is 0.0587 e. The van der Waals surface area contributed by atoms with Crippen molar-refractivity contribution in [3.8, 4) is 0 Å². The summed E-state index contributed by atoms with van der Waals surface area (Å²) in [6.45, 7) is 11.2. The minimum absolute atomic E-state index is 0.679. The fourth-order valence-electron chi connectivity index (χ4n) is 2.28. The lowest BCUT2D eigenvalue weighted by Crippen LogP contribution is -2.30. The lowest BCUT2D eigenvalue weighted by Gasteiger charge is -2.28. The molecule has 0 saturated heterocycles. The molecule has 0 amide bonds. The van der Waals surface area contributed by atoms with Crippen LogP contribution in [0.5, 0.6) is 0 Å². The average molecular weight is 313 g/mol. The summed E-state index contributed by atoms with van der Waals surface area (Å²) in [5, 5.41) is 4.21. The quantitative estimate of drug-likeness (QED) is 0.662. The monoisotopic (exact) mass is 312 g/mol. The van der Waals surface area contributed by atoms with Gasteiger partial charge in [-0.3, -0.25) is 0 Å². The van der Waals surface area contributed by atoms with E-state index in [1.54, 1.807) is 7.11 Å². The Bertz CT molecular complexity index is 412. The number of benzene rings is 1. The number of anilines is 1. The van der Waals surface area contributed by atoms with E-state index in [9.17, 15) is 0 Å². The van der Waals surface area contributed by atoms with Crippen LogP contribution in [0.4, 0.5) is 5.69 Å². The first kappa shape index (κ1) is 18.3. The van der Waals surface area contributed by atoms with E-state index in [0.717, 1.165) is 37.8 Å². The standard InChI is InChI=1S/C17H29ClN2O/c1-5-14(3)13-20(6-2)17-11-16(18)8-7-15(17)12-19-9-10-21-4/h7-8,11,14,19H,5-6,9-10,12-13H2,1-4H3. The molecule has 0 spiro atoms. The maximum absolute atomic E-state index is 6.20. The van der Waals surface area contributed by atoms with Gasteiger partial charge in [-0.2, -0.15) is 0 Å². The van der Waals surface area contributed by atoms with Crippen molar-refractivity contribution in [1.29, 1.82) is 0 Å². The Morgan fingerprint density at radius 1 is 1.33 bits per heavy atom. The highest BCUT2D eigenvalue weighted by Crippen LogP contribution is 2.26. The highest BCUT2D eigenvalue weighted by atomic mass is 35.5. The molecular formula is C17H29ClN2O. The summed E-state index contributed by atoms with van der Waals surface area (Å²) in [4.78, 5) is 2.42. The van der Waals surface area contributed by atoms with Crippen LogP contribution in [-0.4, -0.2) is 33.4 Å². The summed E-state index contributed by atoms with van der Waals surface area (Å²) in [5.74, 6) is 0.679. The third kappa shape index (κ3) is 6.25. The minimum Gasteiger partial charge on any atom is -0.383 e. The van der Waals surface area contributed by atoms with Gasteiger partial charge in [-0.05, 0) is 30.5 Å². The number of nitrogens with zero attached hydrogens (tertiary/aromatic N) is 1. The summed E-state index contributed by atoms with van der Waals surface area (Å²) in [7, 11) is 1.72. The van der Waals surface area contributed by atoms with Crippen LogP contribution in [0.1, 0.15) is 32.8 Å². The van der Waals surface area contributed by atoms with Crippen molar-refractivity contribution < 1.29 is 4.74 Å². The minimum atomic E-state index is 0.679. The highest BCUT2D eigenvalue weighted by Gasteiger charge is 2.13. The Labute approximate surface area is 134 Å². The molecule has 1 aromatic carbocycles. The Balaban J connectivity index is 2.83. The zero-order valence-electron chi connectivity index (χ0n) is 13.8. The molecule has 0 aromatic heterocycles. The average Bonchev–Trinajstić information content (AvgIpc) is 2.50. The number of hydrogen-bond acceptors (Lipinski definition) is 3. The SMILES string of the molecule is CCC(C)CN(CC)c1cc(Cl)ccc1CNCCOC. The molecule has 3 nitrogen and oxygen atoms in total. The van der Waals surface area contributed by atoms with E-state index < -0.39 is 0 Å². The first-order valence-electron chi connectivity index (χ1n) is 7.85. The van der Waals surface area contributed by atoms with Gasteiger partial charge in [0.25, 0.3) is 0 Å². The molecule has 0 fully saturated rings. The van der Waals surface area contributed by atoms with E-state index >= 15 is 0 Å². The van der Waals surface area contributed by atoms with Gasteiger partial charge in [0.05, 0.1) is 6.61 Å². The van der Waals surface area contributed by atoms with Crippen LogP contribution in [0.2, 0.25) is 5.02 Å². The zero-order valence-corrected chi connectivity index (χ0v) is 14.5. The molecule has 0 radical (unpaired) electrons. The lowest BCUT2D eigenvalue weighted by molar-refractivity contribution is 0.199. The molecule has 1 unspecified atom stereocenters. The van der Waals surface area contributed by atoms with E-state index in [-0.39, 0.29) is 0 Å². The molecule has 4 heteroatoms. The van der Waals surface area contributed by atoms with Crippen molar-refractivity contribution >= 4 is 17.3 Å². The third-order valence-electron chi connectivity index (χ3n) is 3.80. The Hall–Kier alpha value is -0.770. The van der Waals surface area contributed by atoms with E-state index in [1.165, 1.54) is 17.7 Å². The number of ether oxygens (including phenoxy) is 1. The molecule has 1 rings (SSSR count). The van der Waals surface area contributed by atoms with Gasteiger partial charge in [0.1, 0.15) is 0 Å². The van der Waals surface area contributed by atoms with Gasteiger partial charge in [-0.15, -0.1) is 0 Å². The van der Waals surface area contributed by atoms with E-state index in [1.807, 2.05) is 6.07 Å². The van der Waals surface area contributed by atoms with Crippen molar-refractivity contribution in [2.24, 2.45) is 5.92 Å². The first-order valence-corrected chi connectivity index (χ1v) is 8.23. The van der Waals surface area contributed by atoms with Gasteiger partial charge < -0.3 is 15.0 Å². The number of nitrogens with one attached hydrogen (secondary N) is 1. The molecule has 21 heavy (non-hydrogen) atoms. The van der Waals surface area contributed by atoms with Crippen LogP contribution < -0.4 is 10.2 Å². The highest BCUT2D eigenvalue weighted by molar-refractivity contribution is 6.30. The van der Waals surface area contributed by atoms with Gasteiger partial charge in [0.15, 0.2) is 0 Å². The van der Waals surface area contributed by atoms with Crippen LogP contribution in [0, 0.1) is 5.92 Å². The van der Waals surface area contributed by atoms with Crippen molar-refractivity contribution in [1.82, 2.24) is 5.32 Å². The molecule has 0 aliphatic heterocycles. The van der Waals surface area contributed by atoms with Gasteiger partial charge in [-0.1, -0.05) is 37.9 Å². The third-order valence-corrected chi connectivity index (χ3v) is 4.03. The normalized spacial score (nSPS) is 12.4. The van der Waals surface area contributed by atoms with E-state index in [2.05, 4.69) is 43.1 Å². The summed E-state index contributed by atoms with van der Waals surface area (Å²) in [6.07, 6.45) is 1.19. The Kier molecular flexibility index (Phi) is 8.74. The molecule has 0 aliphatic carbocycles. The molecule has 0 aliphatic rings. The molecule has 1 aromatic rings. The second-order valence-electron chi connectivity index (χ2n) is 5.49. The van der Waals surface area contributed by atoms with Crippen LogP contribution in [-0.2, 0) is 11.3 Å². The lowest BCUT2D eigenvalue weighted by atomic mass is 10.1. The van der Waals surface area contributed by atoms with Crippen molar-refractivity contribution in [3.05, 3.63) is 28.8 Å². The maximum atomic E-state index is 6.20. The van der Waals surface area contributed by atoms with Crippen LogP contribution in [0.3, 0.4) is 0 Å². The van der Waals surface area contributed by atoms with Gasteiger partial charge in [-0.25, -0.2) is 0 Å². The van der Waals surface area contributed by atoms with Gasteiger partial charge in [0.2, 0.25) is 0 Å². The van der Waals surface area contributed by atoms with E-state index in [0.29, 0.717) is 5.92 Å². The molecule has 0 heterocycles. The number of rotatable bonds is 10. The van der Waals surface area contributed by atoms with Crippen molar-refractivity contribution in [3.63, 3.8) is 0 Å². The van der Waals surface area contributed by atoms with Crippen molar-refractivity contribution in [2.45, 2.75) is 33.7 Å². The summed E-state index contributed by atoms with van der Waals surface area (Å²) >= 11 is 6.20. The fourth-order valence-corrected chi connectivity index (χ4v) is 2.45. The number of hydrogen-bond donors (Lipinski definition) is 1. The van der Waals surface area contributed by atoms with Gasteiger partial charge >= 0.3 is 0 Å². The molecule has 120 valence electrons. The summed E-state index contributed by atoms with van der Waals surface area (Å²) < 4.78 is 5.07. The second-order valence-corrected chi connectivity index (χ2v) is 5.93. The second kappa shape index (κ2) is 10.0. The Morgan fingerprint density at radius 3 is 2.71 bits per heavy atom. The topological polar surface area (TPSA) is 24.5 Å². The molecule has 0 bridgehead atoms. The molecular weight excluding hydrogens is 284 g/mol. The van der Waals surface area contributed by atoms with Crippen molar-refractivity contribution in [2.75, 3.05) is 38.3 Å². The Morgan fingerprint density at radius 2 is 2.10 bits per heavy atom. The van der Waals surface area contributed by atoms with Crippen LogP contribution in [0.25, 0.3) is 0 Å².